The van der Waals surface area contributed by atoms with Gasteiger partial charge in [0.05, 0.1) is 17.9 Å². The van der Waals surface area contributed by atoms with Crippen LogP contribution in [0.4, 0.5) is 13.2 Å². The molecule has 4 rings (SSSR count). The maximum absolute atomic E-state index is 12.8. The second kappa shape index (κ2) is 6.34. The molecule has 0 aliphatic carbocycles. The van der Waals surface area contributed by atoms with Gasteiger partial charge in [-0.25, -0.2) is 9.67 Å². The number of likely N-dealkylation sites (tertiary alicyclic amines) is 1. The van der Waals surface area contributed by atoms with Crippen LogP contribution in [0.3, 0.4) is 0 Å². The molecule has 1 unspecified atom stereocenters. The van der Waals surface area contributed by atoms with Crippen LogP contribution in [0, 0.1) is 0 Å². The number of aromatic nitrogens is 5. The maximum atomic E-state index is 12.8. The number of carbonyl (C=O) groups excluding carboxylic acids is 1. The van der Waals surface area contributed by atoms with Gasteiger partial charge in [-0.1, -0.05) is 5.21 Å². The van der Waals surface area contributed by atoms with Crippen molar-refractivity contribution in [3.8, 4) is 0 Å². The summed E-state index contributed by atoms with van der Waals surface area (Å²) in [5.41, 5.74) is 5.58. The Bertz CT molecular complexity index is 993. The van der Waals surface area contributed by atoms with Gasteiger partial charge in [-0.05, 0) is 18.6 Å². The van der Waals surface area contributed by atoms with E-state index in [9.17, 15) is 18.0 Å². The van der Waals surface area contributed by atoms with Crippen molar-refractivity contribution in [3.05, 3.63) is 47.7 Å². The average molecular weight is 379 g/mol. The monoisotopic (exact) mass is 379 g/mol. The predicted molar refractivity (Wildman–Crippen MR) is 87.7 cm³/mol. The molecule has 11 heteroatoms. The SMILES string of the molecule is NCc1cn(C2CCN(C(=O)c3ccn4cc(C(F)(F)F)nc4c3)C2)nn1. The number of hydrogen-bond donors (Lipinski definition) is 1. The Morgan fingerprint density at radius 3 is 2.85 bits per heavy atom. The Kier molecular flexibility index (Phi) is 4.10. The fraction of sp³-hybridized carbons (Fsp3) is 0.375. The molecule has 1 aliphatic heterocycles. The summed E-state index contributed by atoms with van der Waals surface area (Å²) in [6, 6.07) is 2.85. The molecule has 2 N–H and O–H groups in total. The van der Waals surface area contributed by atoms with Crippen molar-refractivity contribution in [1.82, 2.24) is 29.3 Å². The normalized spacial score (nSPS) is 17.8. The van der Waals surface area contributed by atoms with E-state index < -0.39 is 11.9 Å². The minimum atomic E-state index is -4.53. The molecule has 0 radical (unpaired) electrons. The van der Waals surface area contributed by atoms with Crippen LogP contribution in [0.15, 0.2) is 30.7 Å². The van der Waals surface area contributed by atoms with Gasteiger partial charge in [0, 0.05) is 37.6 Å². The Morgan fingerprint density at radius 1 is 1.33 bits per heavy atom. The van der Waals surface area contributed by atoms with Crippen molar-refractivity contribution < 1.29 is 18.0 Å². The molecule has 4 heterocycles. The van der Waals surface area contributed by atoms with Crippen LogP contribution >= 0.6 is 0 Å². The number of hydrogen-bond acceptors (Lipinski definition) is 5. The lowest BCUT2D eigenvalue weighted by molar-refractivity contribution is -0.140. The van der Waals surface area contributed by atoms with Crippen LogP contribution in [-0.2, 0) is 12.7 Å². The molecule has 0 bridgehead atoms. The summed E-state index contributed by atoms with van der Waals surface area (Å²) in [6.45, 7) is 1.26. The van der Waals surface area contributed by atoms with Gasteiger partial charge < -0.3 is 15.0 Å². The highest BCUT2D eigenvalue weighted by Gasteiger charge is 2.34. The Hall–Kier alpha value is -2.95. The number of carbonyl (C=O) groups is 1. The van der Waals surface area contributed by atoms with E-state index in [4.69, 9.17) is 5.73 Å². The Balaban J connectivity index is 1.52. The van der Waals surface area contributed by atoms with E-state index in [1.807, 2.05) is 0 Å². The van der Waals surface area contributed by atoms with Crippen molar-refractivity contribution in [1.29, 1.82) is 0 Å². The van der Waals surface area contributed by atoms with Crippen LogP contribution in [0.25, 0.3) is 5.65 Å². The minimum Gasteiger partial charge on any atom is -0.336 e. The summed E-state index contributed by atoms with van der Waals surface area (Å²) in [5.74, 6) is -0.254. The van der Waals surface area contributed by atoms with E-state index in [1.54, 1.807) is 15.8 Å². The number of fused-ring (bicyclic) bond motifs is 1. The van der Waals surface area contributed by atoms with Gasteiger partial charge in [-0.15, -0.1) is 5.10 Å². The van der Waals surface area contributed by atoms with Crippen LogP contribution < -0.4 is 5.73 Å². The van der Waals surface area contributed by atoms with Gasteiger partial charge in [-0.2, -0.15) is 13.2 Å². The minimum absolute atomic E-state index is 0.00580. The topological polar surface area (TPSA) is 94.3 Å². The number of rotatable bonds is 3. The lowest BCUT2D eigenvalue weighted by Gasteiger charge is -2.16. The molecule has 1 saturated heterocycles. The molecular weight excluding hydrogens is 363 g/mol. The second-order valence-electron chi connectivity index (χ2n) is 6.39. The highest BCUT2D eigenvalue weighted by molar-refractivity contribution is 5.95. The van der Waals surface area contributed by atoms with E-state index in [2.05, 4.69) is 15.3 Å². The molecule has 3 aromatic rings. The molecule has 3 aromatic heterocycles. The first-order valence-corrected chi connectivity index (χ1v) is 8.31. The largest absolute Gasteiger partial charge is 0.434 e. The van der Waals surface area contributed by atoms with Gasteiger partial charge >= 0.3 is 6.18 Å². The number of alkyl halides is 3. The van der Waals surface area contributed by atoms with Gasteiger partial charge in [0.1, 0.15) is 5.65 Å². The number of amides is 1. The van der Waals surface area contributed by atoms with Gasteiger partial charge in [0.2, 0.25) is 0 Å². The number of pyridine rings is 1. The molecule has 0 saturated carbocycles. The van der Waals surface area contributed by atoms with Gasteiger partial charge in [0.25, 0.3) is 5.91 Å². The van der Waals surface area contributed by atoms with E-state index in [0.29, 0.717) is 37.3 Å². The van der Waals surface area contributed by atoms with Crippen molar-refractivity contribution in [2.24, 2.45) is 5.73 Å². The van der Waals surface area contributed by atoms with E-state index in [1.165, 1.54) is 22.7 Å². The zero-order valence-corrected chi connectivity index (χ0v) is 14.1. The molecule has 8 nitrogen and oxygen atoms in total. The number of nitrogens with zero attached hydrogens (tertiary/aromatic N) is 6. The Morgan fingerprint density at radius 2 is 2.15 bits per heavy atom. The van der Waals surface area contributed by atoms with Crippen LogP contribution in [0.1, 0.15) is 34.2 Å². The lowest BCUT2D eigenvalue weighted by atomic mass is 10.2. The van der Waals surface area contributed by atoms with Crippen LogP contribution in [0.5, 0.6) is 0 Å². The van der Waals surface area contributed by atoms with Crippen molar-refractivity contribution in [3.63, 3.8) is 0 Å². The van der Waals surface area contributed by atoms with Crippen molar-refractivity contribution in [2.45, 2.75) is 25.2 Å². The standard InChI is InChI=1S/C16H16F3N7O/c17-16(18,19)13-9-24-3-1-10(5-14(24)21-13)15(27)25-4-2-12(8-25)26-7-11(6-20)22-23-26/h1,3,5,7,9,12H,2,4,6,8,20H2. The Labute approximate surface area is 151 Å². The summed E-state index contributed by atoms with van der Waals surface area (Å²) < 4.78 is 41.3. The van der Waals surface area contributed by atoms with E-state index >= 15 is 0 Å². The molecule has 142 valence electrons. The highest BCUT2D eigenvalue weighted by atomic mass is 19.4. The summed E-state index contributed by atoms with van der Waals surface area (Å²) in [6.07, 6.45) is 0.244. The third-order valence-electron chi connectivity index (χ3n) is 4.59. The quantitative estimate of drug-likeness (QED) is 0.744. The van der Waals surface area contributed by atoms with Crippen molar-refractivity contribution in [2.75, 3.05) is 13.1 Å². The fourth-order valence-electron chi connectivity index (χ4n) is 3.16. The summed E-state index contributed by atoms with van der Waals surface area (Å²) >= 11 is 0. The molecule has 27 heavy (non-hydrogen) atoms. The van der Waals surface area contributed by atoms with Crippen LogP contribution in [-0.4, -0.2) is 48.3 Å². The van der Waals surface area contributed by atoms with Gasteiger partial charge in [-0.3, -0.25) is 4.79 Å². The smallest absolute Gasteiger partial charge is 0.336 e. The first-order valence-electron chi connectivity index (χ1n) is 8.31. The average Bonchev–Trinajstić information content (AvgIpc) is 3.37. The zero-order valence-electron chi connectivity index (χ0n) is 14.1. The summed E-state index contributed by atoms with van der Waals surface area (Å²) in [4.78, 5) is 17.9. The molecular formula is C16H16F3N7O. The number of halogens is 3. The van der Waals surface area contributed by atoms with Crippen LogP contribution in [0.2, 0.25) is 0 Å². The zero-order chi connectivity index (χ0) is 19.2. The van der Waals surface area contributed by atoms with Gasteiger partial charge in [0.15, 0.2) is 5.69 Å². The first-order chi connectivity index (χ1) is 12.8. The highest BCUT2D eigenvalue weighted by Crippen LogP contribution is 2.29. The number of imidazole rings is 1. The molecule has 1 atom stereocenters. The molecule has 1 amide bonds. The summed E-state index contributed by atoms with van der Waals surface area (Å²) in [5, 5.41) is 7.98. The number of nitrogens with two attached hydrogens (primary N) is 1. The lowest BCUT2D eigenvalue weighted by Crippen LogP contribution is -2.29. The molecule has 0 aromatic carbocycles. The molecule has 1 fully saturated rings. The summed E-state index contributed by atoms with van der Waals surface area (Å²) in [7, 11) is 0. The van der Waals surface area contributed by atoms with E-state index in [0.717, 1.165) is 6.20 Å². The third kappa shape index (κ3) is 3.25. The fourth-order valence-corrected chi connectivity index (χ4v) is 3.16. The van der Waals surface area contributed by atoms with E-state index in [-0.39, 0.29) is 17.6 Å². The first kappa shape index (κ1) is 17.5. The molecule has 0 spiro atoms. The maximum Gasteiger partial charge on any atom is 0.434 e. The second-order valence-corrected chi connectivity index (χ2v) is 6.39. The third-order valence-corrected chi connectivity index (χ3v) is 4.59. The molecule has 1 aliphatic rings. The predicted octanol–water partition coefficient (Wildman–Crippen LogP) is 1.49. The van der Waals surface area contributed by atoms with Crippen molar-refractivity contribution >= 4 is 11.6 Å².